The van der Waals surface area contributed by atoms with Gasteiger partial charge in [-0.05, 0) is 6.07 Å². The van der Waals surface area contributed by atoms with Crippen molar-refractivity contribution in [2.75, 3.05) is 31.1 Å². The van der Waals surface area contributed by atoms with E-state index in [1.165, 1.54) is 11.3 Å². The second-order valence-electron chi connectivity index (χ2n) is 4.92. The maximum Gasteiger partial charge on any atom is 0.274 e. The van der Waals surface area contributed by atoms with E-state index in [9.17, 15) is 4.79 Å². The van der Waals surface area contributed by atoms with Gasteiger partial charge in [-0.15, -0.1) is 0 Å². The number of amides is 1. The number of anilines is 1. The SMILES string of the molecule is O=C(c1cn2ncsc2n1)N1CCN(c2ncccn2)CC1. The fourth-order valence-electron chi connectivity index (χ4n) is 2.47. The molecule has 0 N–H and O–H groups in total. The monoisotopic (exact) mass is 315 g/mol. The van der Waals surface area contributed by atoms with Gasteiger partial charge in [-0.1, -0.05) is 11.3 Å². The lowest BCUT2D eigenvalue weighted by atomic mass is 10.3. The minimum Gasteiger partial charge on any atom is -0.337 e. The number of fused-ring (bicyclic) bond motifs is 1. The summed E-state index contributed by atoms with van der Waals surface area (Å²) in [7, 11) is 0. The molecule has 9 heteroatoms. The Morgan fingerprint density at radius 2 is 1.91 bits per heavy atom. The second-order valence-corrected chi connectivity index (χ2v) is 5.73. The first-order valence-corrected chi connectivity index (χ1v) is 7.79. The topological polar surface area (TPSA) is 79.5 Å². The molecule has 1 fully saturated rings. The highest BCUT2D eigenvalue weighted by Gasteiger charge is 2.25. The molecule has 22 heavy (non-hydrogen) atoms. The van der Waals surface area contributed by atoms with Gasteiger partial charge in [0.05, 0.1) is 6.20 Å². The molecule has 3 aromatic rings. The maximum atomic E-state index is 12.5. The van der Waals surface area contributed by atoms with E-state index in [2.05, 4.69) is 25.0 Å². The zero-order chi connectivity index (χ0) is 14.9. The zero-order valence-electron chi connectivity index (χ0n) is 11.7. The van der Waals surface area contributed by atoms with E-state index in [-0.39, 0.29) is 5.91 Å². The molecule has 0 atom stereocenters. The number of imidazole rings is 1. The molecule has 0 bridgehead atoms. The molecule has 0 radical (unpaired) electrons. The lowest BCUT2D eigenvalue weighted by Crippen LogP contribution is -2.49. The van der Waals surface area contributed by atoms with Crippen molar-refractivity contribution < 1.29 is 4.79 Å². The molecule has 3 aromatic heterocycles. The summed E-state index contributed by atoms with van der Waals surface area (Å²) in [5, 5.41) is 4.10. The standard InChI is InChI=1S/C13H13N7OS/c21-11(10-8-20-13(17-10)22-9-16-20)18-4-6-19(7-5-18)12-14-2-1-3-15-12/h1-3,8-9H,4-7H2. The number of hydrogen-bond donors (Lipinski definition) is 0. The summed E-state index contributed by atoms with van der Waals surface area (Å²) in [5.74, 6) is 0.660. The van der Waals surface area contributed by atoms with E-state index in [1.54, 1.807) is 34.7 Å². The Bertz CT molecular complexity index is 762. The van der Waals surface area contributed by atoms with Crippen LogP contribution in [0.3, 0.4) is 0 Å². The van der Waals surface area contributed by atoms with Crippen molar-refractivity contribution in [2.45, 2.75) is 0 Å². The van der Waals surface area contributed by atoms with E-state index >= 15 is 0 Å². The van der Waals surface area contributed by atoms with Crippen molar-refractivity contribution in [3.63, 3.8) is 0 Å². The van der Waals surface area contributed by atoms with E-state index < -0.39 is 0 Å². The fraction of sp³-hybridized carbons (Fsp3) is 0.308. The van der Waals surface area contributed by atoms with Crippen molar-refractivity contribution in [1.29, 1.82) is 0 Å². The van der Waals surface area contributed by atoms with Crippen LogP contribution in [0.25, 0.3) is 4.96 Å². The Balaban J connectivity index is 1.45. The first-order chi connectivity index (χ1) is 10.8. The van der Waals surface area contributed by atoms with E-state index in [4.69, 9.17) is 0 Å². The van der Waals surface area contributed by atoms with Gasteiger partial charge < -0.3 is 9.80 Å². The van der Waals surface area contributed by atoms with E-state index in [0.717, 1.165) is 18.1 Å². The molecule has 112 valence electrons. The highest BCUT2D eigenvalue weighted by molar-refractivity contribution is 7.14. The molecular weight excluding hydrogens is 302 g/mol. The average molecular weight is 315 g/mol. The molecule has 0 unspecified atom stereocenters. The molecule has 0 spiro atoms. The largest absolute Gasteiger partial charge is 0.337 e. The van der Waals surface area contributed by atoms with Crippen LogP contribution in [0.4, 0.5) is 5.95 Å². The minimum atomic E-state index is -0.0497. The first kappa shape index (κ1) is 13.1. The van der Waals surface area contributed by atoms with Gasteiger partial charge in [-0.2, -0.15) is 5.10 Å². The third-order valence-electron chi connectivity index (χ3n) is 3.61. The van der Waals surface area contributed by atoms with Crippen LogP contribution >= 0.6 is 11.3 Å². The summed E-state index contributed by atoms with van der Waals surface area (Å²) < 4.78 is 1.63. The van der Waals surface area contributed by atoms with Gasteiger partial charge in [-0.25, -0.2) is 19.5 Å². The fourth-order valence-corrected chi connectivity index (χ4v) is 3.07. The molecule has 0 saturated carbocycles. The minimum absolute atomic E-state index is 0.0497. The predicted molar refractivity (Wildman–Crippen MR) is 81.0 cm³/mol. The van der Waals surface area contributed by atoms with Gasteiger partial charge in [0, 0.05) is 38.6 Å². The van der Waals surface area contributed by atoms with Crippen molar-refractivity contribution in [3.05, 3.63) is 35.9 Å². The molecule has 0 aromatic carbocycles. The maximum absolute atomic E-state index is 12.5. The molecule has 1 saturated heterocycles. The van der Waals surface area contributed by atoms with Crippen LogP contribution in [-0.2, 0) is 0 Å². The van der Waals surface area contributed by atoms with E-state index in [0.29, 0.717) is 24.7 Å². The molecule has 4 heterocycles. The Hall–Kier alpha value is -2.55. The smallest absolute Gasteiger partial charge is 0.274 e. The van der Waals surface area contributed by atoms with Crippen LogP contribution in [0.15, 0.2) is 30.2 Å². The Kier molecular flexibility index (Phi) is 3.19. The number of aromatic nitrogens is 5. The van der Waals surface area contributed by atoms with Crippen LogP contribution in [0.5, 0.6) is 0 Å². The second kappa shape index (κ2) is 5.34. The third-order valence-corrected chi connectivity index (χ3v) is 4.30. The molecular formula is C13H13N7OS. The van der Waals surface area contributed by atoms with Crippen LogP contribution in [0, 0.1) is 0 Å². The van der Waals surface area contributed by atoms with Gasteiger partial charge in [-0.3, -0.25) is 4.79 Å². The first-order valence-electron chi connectivity index (χ1n) is 6.91. The van der Waals surface area contributed by atoms with Gasteiger partial charge in [0.25, 0.3) is 5.91 Å². The molecule has 1 aliphatic heterocycles. The number of carbonyl (C=O) groups excluding carboxylic acids is 1. The molecule has 4 rings (SSSR count). The Morgan fingerprint density at radius 3 is 2.64 bits per heavy atom. The number of hydrogen-bond acceptors (Lipinski definition) is 7. The number of piperazine rings is 1. The number of rotatable bonds is 2. The Morgan fingerprint density at radius 1 is 1.14 bits per heavy atom. The van der Waals surface area contributed by atoms with Crippen molar-refractivity contribution >= 4 is 28.2 Å². The molecule has 0 aliphatic carbocycles. The molecule has 8 nitrogen and oxygen atoms in total. The summed E-state index contributed by atoms with van der Waals surface area (Å²) in [6, 6.07) is 1.79. The van der Waals surface area contributed by atoms with Crippen molar-refractivity contribution in [1.82, 2.24) is 29.5 Å². The molecule has 1 aliphatic rings. The van der Waals surface area contributed by atoms with Gasteiger partial charge in [0.15, 0.2) is 0 Å². The summed E-state index contributed by atoms with van der Waals surface area (Å²) in [5.41, 5.74) is 2.15. The quantitative estimate of drug-likeness (QED) is 0.687. The number of nitrogens with zero attached hydrogens (tertiary/aromatic N) is 7. The van der Waals surface area contributed by atoms with Crippen LogP contribution in [-0.4, -0.2) is 61.6 Å². The highest BCUT2D eigenvalue weighted by atomic mass is 32.1. The highest BCUT2D eigenvalue weighted by Crippen LogP contribution is 2.14. The summed E-state index contributed by atoms with van der Waals surface area (Å²) in [6.07, 6.45) is 5.14. The Labute approximate surface area is 130 Å². The average Bonchev–Trinajstić information content (AvgIpc) is 3.17. The van der Waals surface area contributed by atoms with Crippen molar-refractivity contribution in [2.24, 2.45) is 0 Å². The molecule has 1 amide bonds. The number of carbonyl (C=O) groups is 1. The van der Waals surface area contributed by atoms with Crippen molar-refractivity contribution in [3.8, 4) is 0 Å². The summed E-state index contributed by atoms with van der Waals surface area (Å²) in [4.78, 5) is 29.9. The van der Waals surface area contributed by atoms with E-state index in [1.807, 2.05) is 4.90 Å². The lowest BCUT2D eigenvalue weighted by Gasteiger charge is -2.34. The van der Waals surface area contributed by atoms with Crippen LogP contribution < -0.4 is 4.90 Å². The van der Waals surface area contributed by atoms with Crippen LogP contribution in [0.1, 0.15) is 10.5 Å². The van der Waals surface area contributed by atoms with Crippen LogP contribution in [0.2, 0.25) is 0 Å². The van der Waals surface area contributed by atoms with Gasteiger partial charge in [0.2, 0.25) is 10.9 Å². The third kappa shape index (κ3) is 2.29. The summed E-state index contributed by atoms with van der Waals surface area (Å²) in [6.45, 7) is 2.71. The predicted octanol–water partition coefficient (Wildman–Crippen LogP) is 0.543. The lowest BCUT2D eigenvalue weighted by molar-refractivity contribution is 0.0741. The normalized spacial score (nSPS) is 15.5. The summed E-state index contributed by atoms with van der Waals surface area (Å²) >= 11 is 1.42. The zero-order valence-corrected chi connectivity index (χ0v) is 12.5. The van der Waals surface area contributed by atoms with Gasteiger partial charge >= 0.3 is 0 Å². The van der Waals surface area contributed by atoms with Gasteiger partial charge in [0.1, 0.15) is 11.2 Å².